The van der Waals surface area contributed by atoms with Crippen LogP contribution in [0.3, 0.4) is 0 Å². The molecule has 0 spiro atoms. The van der Waals surface area contributed by atoms with E-state index in [1.54, 1.807) is 6.20 Å². The molecule has 0 bridgehead atoms. The molecular weight excluding hydrogens is 248 g/mol. The van der Waals surface area contributed by atoms with Gasteiger partial charge in [0.25, 0.3) is 0 Å². The summed E-state index contributed by atoms with van der Waals surface area (Å²) in [4.78, 5) is 10.3. The number of rotatable bonds is 3. The van der Waals surface area contributed by atoms with Crippen LogP contribution in [0.15, 0.2) is 42.9 Å². The first-order valence-electron chi connectivity index (χ1n) is 6.26. The van der Waals surface area contributed by atoms with Crippen molar-refractivity contribution in [3.05, 3.63) is 54.1 Å². The average molecular weight is 264 g/mol. The smallest absolute Gasteiger partial charge is 0.166 e. The third-order valence-electron chi connectivity index (χ3n) is 3.22. The maximum atomic E-state index is 9.12. The van der Waals surface area contributed by atoms with Crippen molar-refractivity contribution in [1.29, 1.82) is 5.26 Å². The zero-order valence-electron chi connectivity index (χ0n) is 11.9. The number of allylic oxidation sites excluding steroid dienone is 1. The molecule has 0 aliphatic rings. The van der Waals surface area contributed by atoms with Crippen LogP contribution in [0.25, 0.3) is 11.3 Å². The molecule has 1 aromatic carbocycles. The van der Waals surface area contributed by atoms with E-state index in [1.807, 2.05) is 44.0 Å². The Kier molecular flexibility index (Phi) is 3.81. The maximum absolute atomic E-state index is 9.12. The first-order chi connectivity index (χ1) is 9.54. The lowest BCUT2D eigenvalue weighted by Gasteiger charge is -2.22. The lowest BCUT2D eigenvalue weighted by Crippen LogP contribution is -2.14. The molecule has 0 radical (unpaired) electrons. The van der Waals surface area contributed by atoms with Gasteiger partial charge in [0.05, 0.1) is 0 Å². The summed E-state index contributed by atoms with van der Waals surface area (Å²) >= 11 is 0. The second-order valence-electron chi connectivity index (χ2n) is 4.66. The molecule has 4 nitrogen and oxygen atoms in total. The van der Waals surface area contributed by atoms with E-state index in [9.17, 15) is 0 Å². The second-order valence-corrected chi connectivity index (χ2v) is 4.66. The SMILES string of the molecule is C=C(C)N(C)c1cc(-c2nccnc2C#N)ccc1C. The summed E-state index contributed by atoms with van der Waals surface area (Å²) in [6.45, 7) is 7.95. The molecule has 0 N–H and O–H groups in total. The van der Waals surface area contributed by atoms with Gasteiger partial charge in [0.1, 0.15) is 11.8 Å². The Morgan fingerprint density at radius 2 is 2.00 bits per heavy atom. The molecule has 2 rings (SSSR count). The molecule has 0 fully saturated rings. The molecule has 1 heterocycles. The van der Waals surface area contributed by atoms with E-state index in [1.165, 1.54) is 6.20 Å². The fourth-order valence-electron chi connectivity index (χ4n) is 1.95. The highest BCUT2D eigenvalue weighted by Crippen LogP contribution is 2.28. The average Bonchev–Trinajstić information content (AvgIpc) is 2.47. The van der Waals surface area contributed by atoms with Gasteiger partial charge in [0, 0.05) is 36.4 Å². The van der Waals surface area contributed by atoms with Crippen molar-refractivity contribution in [2.75, 3.05) is 11.9 Å². The number of hydrogen-bond acceptors (Lipinski definition) is 4. The van der Waals surface area contributed by atoms with Crippen LogP contribution in [-0.2, 0) is 0 Å². The highest BCUT2D eigenvalue weighted by atomic mass is 15.1. The van der Waals surface area contributed by atoms with E-state index >= 15 is 0 Å². The molecular formula is C16H16N4. The molecule has 0 saturated heterocycles. The zero-order valence-corrected chi connectivity index (χ0v) is 11.9. The molecule has 100 valence electrons. The Bertz CT molecular complexity index is 698. The van der Waals surface area contributed by atoms with Crippen LogP contribution in [0.2, 0.25) is 0 Å². The molecule has 0 saturated carbocycles. The minimum Gasteiger partial charge on any atom is -0.349 e. The topological polar surface area (TPSA) is 52.8 Å². The van der Waals surface area contributed by atoms with Crippen molar-refractivity contribution in [3.63, 3.8) is 0 Å². The molecule has 1 aromatic heterocycles. The Labute approximate surface area is 119 Å². The van der Waals surface area contributed by atoms with Crippen LogP contribution in [0.4, 0.5) is 5.69 Å². The summed E-state index contributed by atoms with van der Waals surface area (Å²) < 4.78 is 0. The first-order valence-corrected chi connectivity index (χ1v) is 6.26. The lowest BCUT2D eigenvalue weighted by atomic mass is 10.0. The van der Waals surface area contributed by atoms with Gasteiger partial charge >= 0.3 is 0 Å². The number of nitrogens with zero attached hydrogens (tertiary/aromatic N) is 4. The second kappa shape index (κ2) is 5.54. The van der Waals surface area contributed by atoms with Gasteiger partial charge in [0.15, 0.2) is 5.69 Å². The number of benzene rings is 1. The molecule has 0 atom stereocenters. The van der Waals surface area contributed by atoms with E-state index in [0.29, 0.717) is 11.4 Å². The number of aromatic nitrogens is 2. The maximum Gasteiger partial charge on any atom is 0.166 e. The third-order valence-corrected chi connectivity index (χ3v) is 3.22. The predicted octanol–water partition coefficient (Wildman–Crippen LogP) is 3.29. The number of anilines is 1. The van der Waals surface area contributed by atoms with E-state index in [-0.39, 0.29) is 0 Å². The van der Waals surface area contributed by atoms with Gasteiger partial charge < -0.3 is 4.90 Å². The van der Waals surface area contributed by atoms with Gasteiger partial charge in [-0.3, -0.25) is 4.98 Å². The number of hydrogen-bond donors (Lipinski definition) is 0. The number of nitriles is 1. The van der Waals surface area contributed by atoms with Crippen molar-refractivity contribution in [2.24, 2.45) is 0 Å². The van der Waals surface area contributed by atoms with Crippen molar-refractivity contribution in [3.8, 4) is 17.3 Å². The van der Waals surface area contributed by atoms with E-state index in [4.69, 9.17) is 5.26 Å². The van der Waals surface area contributed by atoms with Crippen LogP contribution >= 0.6 is 0 Å². The Morgan fingerprint density at radius 3 is 2.65 bits per heavy atom. The highest BCUT2D eigenvalue weighted by molar-refractivity contribution is 5.71. The quantitative estimate of drug-likeness (QED) is 0.853. The minimum absolute atomic E-state index is 0.334. The molecule has 0 unspecified atom stereocenters. The van der Waals surface area contributed by atoms with Crippen molar-refractivity contribution >= 4 is 5.69 Å². The zero-order chi connectivity index (χ0) is 14.7. The van der Waals surface area contributed by atoms with E-state index in [2.05, 4.69) is 22.6 Å². The van der Waals surface area contributed by atoms with Crippen LogP contribution < -0.4 is 4.90 Å². The fraction of sp³-hybridized carbons (Fsp3) is 0.188. The predicted molar refractivity (Wildman–Crippen MR) is 80.1 cm³/mol. The molecule has 0 aliphatic carbocycles. The monoisotopic (exact) mass is 264 g/mol. The van der Waals surface area contributed by atoms with Gasteiger partial charge in [-0.25, -0.2) is 4.98 Å². The largest absolute Gasteiger partial charge is 0.349 e. The highest BCUT2D eigenvalue weighted by Gasteiger charge is 2.11. The van der Waals surface area contributed by atoms with Crippen LogP contribution in [-0.4, -0.2) is 17.0 Å². The van der Waals surface area contributed by atoms with Gasteiger partial charge in [-0.1, -0.05) is 18.7 Å². The Hall–Kier alpha value is -2.67. The molecule has 2 aromatic rings. The Balaban J connectivity index is 2.58. The summed E-state index contributed by atoms with van der Waals surface area (Å²) in [6, 6.07) is 8.05. The molecule has 4 heteroatoms. The lowest BCUT2D eigenvalue weighted by molar-refractivity contribution is 1.09. The Morgan fingerprint density at radius 1 is 1.30 bits per heavy atom. The fourth-order valence-corrected chi connectivity index (χ4v) is 1.95. The van der Waals surface area contributed by atoms with E-state index < -0.39 is 0 Å². The number of aryl methyl sites for hydroxylation is 1. The summed E-state index contributed by atoms with van der Waals surface area (Å²) in [7, 11) is 1.97. The van der Waals surface area contributed by atoms with Crippen molar-refractivity contribution in [1.82, 2.24) is 9.97 Å². The summed E-state index contributed by atoms with van der Waals surface area (Å²) in [5, 5.41) is 9.12. The van der Waals surface area contributed by atoms with Crippen LogP contribution in [0.5, 0.6) is 0 Å². The van der Waals surface area contributed by atoms with Crippen LogP contribution in [0.1, 0.15) is 18.2 Å². The van der Waals surface area contributed by atoms with Gasteiger partial charge in [-0.2, -0.15) is 5.26 Å². The van der Waals surface area contributed by atoms with Gasteiger partial charge in [0.2, 0.25) is 0 Å². The normalized spacial score (nSPS) is 9.90. The molecule has 0 amide bonds. The van der Waals surface area contributed by atoms with E-state index in [0.717, 1.165) is 22.5 Å². The summed E-state index contributed by atoms with van der Waals surface area (Å²) in [5.41, 5.74) is 4.95. The van der Waals surface area contributed by atoms with Crippen LogP contribution in [0, 0.1) is 18.3 Å². The summed E-state index contributed by atoms with van der Waals surface area (Å²) in [5.74, 6) is 0. The molecule has 0 aliphatic heterocycles. The van der Waals surface area contributed by atoms with Gasteiger partial charge in [-0.15, -0.1) is 0 Å². The minimum atomic E-state index is 0.334. The molecule has 20 heavy (non-hydrogen) atoms. The van der Waals surface area contributed by atoms with Gasteiger partial charge in [-0.05, 0) is 25.5 Å². The third kappa shape index (κ3) is 2.52. The van der Waals surface area contributed by atoms with Crippen molar-refractivity contribution < 1.29 is 0 Å². The standard InChI is InChI=1S/C16H16N4/c1-11(2)20(4)15-9-13(6-5-12(15)3)16-14(10-17)18-7-8-19-16/h5-9H,1H2,2-4H3. The van der Waals surface area contributed by atoms with Crippen molar-refractivity contribution in [2.45, 2.75) is 13.8 Å². The first kappa shape index (κ1) is 13.8. The summed E-state index contributed by atoms with van der Waals surface area (Å²) in [6.07, 6.45) is 3.12.